The van der Waals surface area contributed by atoms with E-state index >= 15 is 0 Å². The van der Waals surface area contributed by atoms with E-state index in [-0.39, 0.29) is 24.7 Å². The SMILES string of the molecule is CC[C@@H](C)[C@@H](NC(=O)[C@@H](Cc1ccc(O)cc1)NC(=O)OCc1ccccc1)C(=O)OC. The largest absolute Gasteiger partial charge is 0.508 e. The van der Waals surface area contributed by atoms with Crippen molar-refractivity contribution >= 4 is 18.0 Å². The number of hydrogen-bond acceptors (Lipinski definition) is 6. The summed E-state index contributed by atoms with van der Waals surface area (Å²) in [7, 11) is 1.26. The zero-order chi connectivity index (χ0) is 23.5. The predicted octanol–water partition coefficient (Wildman–Crippen LogP) is 2.93. The molecule has 2 amide bonds. The molecule has 0 heterocycles. The van der Waals surface area contributed by atoms with Crippen molar-refractivity contribution in [3.05, 3.63) is 65.7 Å². The van der Waals surface area contributed by atoms with Gasteiger partial charge in [0.05, 0.1) is 7.11 Å². The molecule has 0 radical (unpaired) electrons. The fraction of sp³-hybridized carbons (Fsp3) is 0.375. The van der Waals surface area contributed by atoms with E-state index in [4.69, 9.17) is 9.47 Å². The van der Waals surface area contributed by atoms with Gasteiger partial charge < -0.3 is 25.2 Å². The van der Waals surface area contributed by atoms with Gasteiger partial charge in [-0.15, -0.1) is 0 Å². The van der Waals surface area contributed by atoms with Crippen molar-refractivity contribution in [3.8, 4) is 5.75 Å². The third kappa shape index (κ3) is 7.61. The van der Waals surface area contributed by atoms with Gasteiger partial charge in [0.2, 0.25) is 5.91 Å². The Hall–Kier alpha value is -3.55. The van der Waals surface area contributed by atoms with E-state index in [1.807, 2.05) is 44.2 Å². The molecule has 8 nitrogen and oxygen atoms in total. The van der Waals surface area contributed by atoms with E-state index in [1.165, 1.54) is 19.2 Å². The maximum atomic E-state index is 13.0. The number of carbonyl (C=O) groups excluding carboxylic acids is 3. The minimum absolute atomic E-state index is 0.0534. The van der Waals surface area contributed by atoms with Gasteiger partial charge in [-0.25, -0.2) is 9.59 Å². The molecule has 2 aromatic rings. The van der Waals surface area contributed by atoms with Gasteiger partial charge in [0.1, 0.15) is 24.4 Å². The van der Waals surface area contributed by atoms with Crippen LogP contribution >= 0.6 is 0 Å². The van der Waals surface area contributed by atoms with Crippen LogP contribution in [0.2, 0.25) is 0 Å². The molecule has 8 heteroatoms. The molecule has 2 rings (SSSR count). The topological polar surface area (TPSA) is 114 Å². The molecule has 0 aromatic heterocycles. The maximum Gasteiger partial charge on any atom is 0.408 e. The number of esters is 1. The number of carbonyl (C=O) groups is 3. The fourth-order valence-electron chi connectivity index (χ4n) is 3.03. The van der Waals surface area contributed by atoms with E-state index < -0.39 is 30.1 Å². The number of ether oxygens (including phenoxy) is 2. The Balaban J connectivity index is 2.12. The summed E-state index contributed by atoms with van der Waals surface area (Å²) in [6, 6.07) is 13.6. The maximum absolute atomic E-state index is 13.0. The number of alkyl carbamates (subject to hydrolysis) is 1. The number of amides is 2. The molecule has 0 fully saturated rings. The molecule has 0 spiro atoms. The zero-order valence-electron chi connectivity index (χ0n) is 18.5. The van der Waals surface area contributed by atoms with Gasteiger partial charge in [0.15, 0.2) is 0 Å². The number of phenolic OH excluding ortho intramolecular Hbond substituents is 1. The molecule has 0 aliphatic rings. The summed E-state index contributed by atoms with van der Waals surface area (Å²) in [6.45, 7) is 3.79. The smallest absolute Gasteiger partial charge is 0.408 e. The van der Waals surface area contributed by atoms with Crippen LogP contribution in [0.5, 0.6) is 5.75 Å². The van der Waals surface area contributed by atoms with Crippen LogP contribution in [0, 0.1) is 5.92 Å². The molecule has 32 heavy (non-hydrogen) atoms. The van der Waals surface area contributed by atoms with Crippen LogP contribution in [0.3, 0.4) is 0 Å². The van der Waals surface area contributed by atoms with E-state index in [2.05, 4.69) is 10.6 Å². The van der Waals surface area contributed by atoms with E-state index in [0.717, 1.165) is 5.56 Å². The van der Waals surface area contributed by atoms with Gasteiger partial charge in [-0.3, -0.25) is 4.79 Å². The summed E-state index contributed by atoms with van der Waals surface area (Å²) in [6.07, 6.45) is 0.0295. The number of benzene rings is 2. The summed E-state index contributed by atoms with van der Waals surface area (Å²) in [5, 5.41) is 14.8. The van der Waals surface area contributed by atoms with E-state index in [9.17, 15) is 19.5 Å². The van der Waals surface area contributed by atoms with Gasteiger partial charge in [0, 0.05) is 6.42 Å². The first kappa shape index (κ1) is 24.7. The first-order valence-electron chi connectivity index (χ1n) is 10.5. The fourth-order valence-corrected chi connectivity index (χ4v) is 3.03. The normalized spacial score (nSPS) is 13.3. The summed E-state index contributed by atoms with van der Waals surface area (Å²) >= 11 is 0. The molecule has 2 aromatic carbocycles. The number of nitrogens with one attached hydrogen (secondary N) is 2. The molecule has 0 aliphatic carbocycles. The molecule has 0 saturated carbocycles. The quantitative estimate of drug-likeness (QED) is 0.488. The van der Waals surface area contributed by atoms with Crippen LogP contribution < -0.4 is 10.6 Å². The zero-order valence-corrected chi connectivity index (χ0v) is 18.5. The number of aromatic hydroxyl groups is 1. The molecule has 3 atom stereocenters. The number of methoxy groups -OCH3 is 1. The summed E-state index contributed by atoms with van der Waals surface area (Å²) in [5.74, 6) is -1.16. The van der Waals surface area contributed by atoms with Gasteiger partial charge in [-0.1, -0.05) is 62.7 Å². The Morgan fingerprint density at radius 1 is 0.969 bits per heavy atom. The molecule has 0 unspecified atom stereocenters. The average molecular weight is 443 g/mol. The minimum atomic E-state index is -1.00. The third-order valence-corrected chi connectivity index (χ3v) is 5.16. The van der Waals surface area contributed by atoms with Gasteiger partial charge >= 0.3 is 12.1 Å². The highest BCUT2D eigenvalue weighted by Gasteiger charge is 2.30. The molecule has 3 N–H and O–H groups in total. The van der Waals surface area contributed by atoms with Crippen molar-refractivity contribution in [2.75, 3.05) is 7.11 Å². The van der Waals surface area contributed by atoms with Gasteiger partial charge in [-0.2, -0.15) is 0 Å². The Morgan fingerprint density at radius 2 is 1.62 bits per heavy atom. The van der Waals surface area contributed by atoms with Crippen molar-refractivity contribution in [3.63, 3.8) is 0 Å². The monoisotopic (exact) mass is 442 g/mol. The summed E-state index contributed by atoms with van der Waals surface area (Å²) in [5.41, 5.74) is 1.52. The third-order valence-electron chi connectivity index (χ3n) is 5.16. The van der Waals surface area contributed by atoms with Crippen molar-refractivity contribution < 1.29 is 29.0 Å². The lowest BCUT2D eigenvalue weighted by molar-refractivity contribution is -0.146. The first-order chi connectivity index (χ1) is 15.3. The lowest BCUT2D eigenvalue weighted by Gasteiger charge is -2.25. The average Bonchev–Trinajstić information content (AvgIpc) is 2.81. The van der Waals surface area contributed by atoms with E-state index in [0.29, 0.717) is 12.0 Å². The van der Waals surface area contributed by atoms with Crippen molar-refractivity contribution in [2.45, 2.75) is 45.4 Å². The van der Waals surface area contributed by atoms with Crippen LogP contribution in [-0.4, -0.2) is 42.3 Å². The summed E-state index contributed by atoms with van der Waals surface area (Å²) in [4.78, 5) is 37.6. The highest BCUT2D eigenvalue weighted by Crippen LogP contribution is 2.13. The highest BCUT2D eigenvalue weighted by atomic mass is 16.5. The molecule has 0 aliphatic heterocycles. The van der Waals surface area contributed by atoms with E-state index in [1.54, 1.807) is 12.1 Å². The number of hydrogen-bond donors (Lipinski definition) is 3. The number of phenols is 1. The number of rotatable bonds is 10. The standard InChI is InChI=1S/C24H30N2O6/c1-4-16(2)21(23(29)31-3)26-22(28)20(14-17-10-12-19(27)13-11-17)25-24(30)32-15-18-8-6-5-7-9-18/h5-13,16,20-21,27H,4,14-15H2,1-3H3,(H,25,30)(H,26,28)/t16-,20-,21-/m1/s1. The van der Waals surface area contributed by atoms with Crippen molar-refractivity contribution in [1.82, 2.24) is 10.6 Å². The first-order valence-corrected chi connectivity index (χ1v) is 10.5. The predicted molar refractivity (Wildman–Crippen MR) is 119 cm³/mol. The second-order valence-electron chi connectivity index (χ2n) is 7.52. The van der Waals surface area contributed by atoms with Crippen molar-refractivity contribution in [1.29, 1.82) is 0 Å². The second-order valence-corrected chi connectivity index (χ2v) is 7.52. The van der Waals surface area contributed by atoms with Crippen LogP contribution in [-0.2, 0) is 32.1 Å². The van der Waals surface area contributed by atoms with Gasteiger partial charge in [0.25, 0.3) is 0 Å². The molecule has 0 saturated heterocycles. The second kappa shape index (κ2) is 12.3. The Bertz CT molecular complexity index is 885. The van der Waals surface area contributed by atoms with Gasteiger partial charge in [-0.05, 0) is 29.2 Å². The van der Waals surface area contributed by atoms with Crippen LogP contribution in [0.15, 0.2) is 54.6 Å². The lowest BCUT2D eigenvalue weighted by Crippen LogP contribution is -2.54. The molecular formula is C24H30N2O6. The van der Waals surface area contributed by atoms with Crippen LogP contribution in [0.25, 0.3) is 0 Å². The van der Waals surface area contributed by atoms with Crippen molar-refractivity contribution in [2.24, 2.45) is 5.92 Å². The van der Waals surface area contributed by atoms with Crippen LogP contribution in [0.4, 0.5) is 4.79 Å². The Morgan fingerprint density at radius 3 is 2.22 bits per heavy atom. The molecule has 172 valence electrons. The molecule has 0 bridgehead atoms. The highest BCUT2D eigenvalue weighted by molar-refractivity contribution is 5.90. The lowest BCUT2D eigenvalue weighted by atomic mass is 9.98. The van der Waals surface area contributed by atoms with Crippen LogP contribution in [0.1, 0.15) is 31.4 Å². The Labute approximate surface area is 187 Å². The minimum Gasteiger partial charge on any atom is -0.508 e. The Kier molecular flexibility index (Phi) is 9.53. The molecular weight excluding hydrogens is 412 g/mol. The summed E-state index contributed by atoms with van der Waals surface area (Å²) < 4.78 is 10.1.